The minimum atomic E-state index is -1.02. The highest BCUT2D eigenvalue weighted by Crippen LogP contribution is 2.55. The molecule has 0 radical (unpaired) electrons. The molecule has 2 N–H and O–H groups in total. The van der Waals surface area contributed by atoms with Gasteiger partial charge in [-0.25, -0.2) is 9.97 Å². The Labute approximate surface area is 339 Å². The summed E-state index contributed by atoms with van der Waals surface area (Å²) >= 11 is 6.23. The molecule has 1 atom stereocenters. The number of rotatable bonds is 8. The van der Waals surface area contributed by atoms with Gasteiger partial charge < -0.3 is 19.9 Å². The Bertz CT molecular complexity index is 2260. The first-order chi connectivity index (χ1) is 27.6. The van der Waals surface area contributed by atoms with Crippen molar-refractivity contribution in [2.75, 3.05) is 37.6 Å². The second-order valence-corrected chi connectivity index (χ2v) is 17.1. The lowest BCUT2D eigenvalue weighted by Gasteiger charge is -2.63. The first-order valence-corrected chi connectivity index (χ1v) is 19.6. The Morgan fingerprint density at radius 1 is 0.948 bits per heavy atom. The van der Waals surface area contributed by atoms with E-state index in [0.29, 0.717) is 67.1 Å². The molecule has 2 aromatic carbocycles. The molecular weight excluding hydrogens is 766 g/mol. The van der Waals surface area contributed by atoms with Crippen LogP contribution in [-0.2, 0) is 27.5 Å². The lowest BCUT2D eigenvalue weighted by atomic mass is 9.49. The van der Waals surface area contributed by atoms with Crippen LogP contribution in [0, 0.1) is 22.2 Å². The van der Waals surface area contributed by atoms with E-state index in [4.69, 9.17) is 16.3 Å². The number of carbonyl (C=O) groups excluding carboxylic acids is 6. The van der Waals surface area contributed by atoms with E-state index < -0.39 is 40.5 Å². The van der Waals surface area contributed by atoms with Crippen LogP contribution in [-0.4, -0.2) is 111 Å². The summed E-state index contributed by atoms with van der Waals surface area (Å²) in [6.45, 7) is 11.1. The summed E-state index contributed by atoms with van der Waals surface area (Å²) in [5.74, 6) is -1.51. The Morgan fingerprint density at radius 2 is 1.57 bits per heavy atom. The zero-order valence-corrected chi connectivity index (χ0v) is 33.3. The van der Waals surface area contributed by atoms with Crippen molar-refractivity contribution < 1.29 is 33.5 Å². The second-order valence-electron chi connectivity index (χ2n) is 16.7. The van der Waals surface area contributed by atoms with Crippen molar-refractivity contribution in [2.45, 2.75) is 71.8 Å². The summed E-state index contributed by atoms with van der Waals surface area (Å²) in [5, 5.41) is 14.9. The molecule has 1 aromatic heterocycles. The molecule has 5 heterocycles. The fourth-order valence-corrected chi connectivity index (χ4v) is 9.62. The number of hydrogen-bond donors (Lipinski definition) is 2. The average Bonchev–Trinajstić information content (AvgIpc) is 3.70. The lowest BCUT2D eigenvalue weighted by Crippen LogP contribution is -2.74. The minimum Gasteiger partial charge on any atom is -0.489 e. The van der Waals surface area contributed by atoms with Crippen LogP contribution in [0.3, 0.4) is 0 Å². The third-order valence-electron chi connectivity index (χ3n) is 12.2. The van der Waals surface area contributed by atoms with Crippen LogP contribution in [0.25, 0.3) is 0 Å². The lowest BCUT2D eigenvalue weighted by molar-refractivity contribution is -0.164. The number of piperazine rings is 1. The zero-order valence-electron chi connectivity index (χ0n) is 32.5. The summed E-state index contributed by atoms with van der Waals surface area (Å²) in [6, 6.07) is 9.15. The molecule has 16 nitrogen and oxygen atoms in total. The van der Waals surface area contributed by atoms with E-state index in [1.54, 1.807) is 35.2 Å². The number of nitriles is 1. The van der Waals surface area contributed by atoms with Crippen molar-refractivity contribution in [2.24, 2.45) is 10.8 Å². The van der Waals surface area contributed by atoms with Crippen LogP contribution >= 0.6 is 11.6 Å². The summed E-state index contributed by atoms with van der Waals surface area (Å²) in [7, 11) is 0. The minimum absolute atomic E-state index is 0.0423. The topological polar surface area (TPSA) is 198 Å². The highest BCUT2D eigenvalue weighted by molar-refractivity contribution is 6.31. The normalized spacial score (nSPS) is 23.4. The largest absolute Gasteiger partial charge is 0.489 e. The maximum Gasteiger partial charge on any atom is 0.262 e. The number of ether oxygens (including phenoxy) is 1. The number of carbonyl (C=O) groups is 6. The number of hydrogen-bond acceptors (Lipinski definition) is 12. The maximum atomic E-state index is 13.4. The molecule has 5 aliphatic rings. The van der Waals surface area contributed by atoms with E-state index in [-0.39, 0.29) is 54.5 Å². The van der Waals surface area contributed by atoms with Gasteiger partial charge in [0.15, 0.2) is 0 Å². The maximum absolute atomic E-state index is 13.4. The number of aromatic nitrogens is 2. The molecule has 17 heteroatoms. The Kier molecular flexibility index (Phi) is 9.72. The summed E-state index contributed by atoms with van der Waals surface area (Å²) < 4.78 is 6.33. The highest BCUT2D eigenvalue weighted by Gasteiger charge is 2.64. The van der Waals surface area contributed by atoms with Crippen LogP contribution < -0.4 is 20.3 Å². The first-order valence-electron chi connectivity index (χ1n) is 19.2. The second kappa shape index (κ2) is 14.5. The molecule has 3 fully saturated rings. The van der Waals surface area contributed by atoms with Gasteiger partial charge in [0.2, 0.25) is 23.7 Å². The predicted octanol–water partition coefficient (Wildman–Crippen LogP) is 2.68. The fraction of sp³-hybridized carbons (Fsp3) is 0.439. The summed E-state index contributed by atoms with van der Waals surface area (Å²) in [4.78, 5) is 93.0. The molecule has 4 aliphatic heterocycles. The number of imide groups is 2. The highest BCUT2D eigenvalue weighted by atomic mass is 35.5. The van der Waals surface area contributed by atoms with Crippen LogP contribution in [0.4, 0.5) is 5.95 Å². The molecule has 300 valence electrons. The van der Waals surface area contributed by atoms with Crippen molar-refractivity contribution in [1.82, 2.24) is 35.3 Å². The van der Waals surface area contributed by atoms with Gasteiger partial charge in [0.1, 0.15) is 24.0 Å². The quantitative estimate of drug-likeness (QED) is 0.316. The fourth-order valence-electron chi connectivity index (χ4n) is 9.41. The van der Waals surface area contributed by atoms with Gasteiger partial charge in [-0.3, -0.25) is 43.9 Å². The number of amides is 6. The molecule has 1 unspecified atom stereocenters. The molecule has 1 saturated carbocycles. The van der Waals surface area contributed by atoms with Crippen molar-refractivity contribution in [1.29, 1.82) is 5.26 Å². The summed E-state index contributed by atoms with van der Waals surface area (Å²) in [5.41, 5.74) is 1.99. The number of nitrogens with zero attached hydrogens (tertiary/aromatic N) is 7. The van der Waals surface area contributed by atoms with Crippen LogP contribution in [0.1, 0.15) is 88.3 Å². The van der Waals surface area contributed by atoms with E-state index >= 15 is 0 Å². The van der Waals surface area contributed by atoms with Crippen molar-refractivity contribution >= 4 is 53.0 Å². The van der Waals surface area contributed by atoms with E-state index in [1.165, 1.54) is 12.4 Å². The van der Waals surface area contributed by atoms with Gasteiger partial charge in [-0.15, -0.1) is 0 Å². The van der Waals surface area contributed by atoms with E-state index in [2.05, 4.69) is 20.6 Å². The Morgan fingerprint density at radius 3 is 2.14 bits per heavy atom. The van der Waals surface area contributed by atoms with Crippen molar-refractivity contribution in [3.05, 3.63) is 81.1 Å². The van der Waals surface area contributed by atoms with E-state index in [1.807, 2.05) is 43.6 Å². The van der Waals surface area contributed by atoms with E-state index in [9.17, 15) is 34.0 Å². The number of piperidine rings is 1. The van der Waals surface area contributed by atoms with Gasteiger partial charge in [-0.2, -0.15) is 5.26 Å². The number of halogens is 1. The molecule has 2 saturated heterocycles. The monoisotopic (exact) mass is 807 g/mol. The standard InChI is InChI=1S/C41H42ClN9O7/c1-40(2)37(41(3,4)38(40)58-26-6-5-22(16-43)29(42)15-26)47-33(54)25-17-44-39(45-18-25)50-11-9-49(10-12-50)32(53)21-48-19-23-13-27-28(14-24(23)20-48)36(57)51(35(27)56)30-7-8-31(52)46-34(30)55/h5-6,13-15,17-18,30,37-38H,7-12,19-21H2,1-4H3,(H,47,54)(H,46,52,55)/t30?,37-,38-. The molecule has 0 bridgehead atoms. The van der Waals surface area contributed by atoms with Crippen LogP contribution in [0.15, 0.2) is 42.7 Å². The van der Waals surface area contributed by atoms with Gasteiger partial charge in [-0.05, 0) is 41.8 Å². The van der Waals surface area contributed by atoms with Gasteiger partial charge >= 0.3 is 0 Å². The SMILES string of the molecule is CC1(C)[C@H](NC(=O)c2cnc(N3CCN(C(=O)CN4Cc5cc6c(cc5C4)C(=O)N(C4CCC(=O)NC4=O)C6=O)CC3)nc2)C(C)(C)[C@H]1Oc1ccc(C#N)c(Cl)c1. The van der Waals surface area contributed by atoms with Gasteiger partial charge in [-0.1, -0.05) is 39.3 Å². The van der Waals surface area contributed by atoms with Crippen LogP contribution in [0.5, 0.6) is 5.75 Å². The number of anilines is 1. The number of fused-ring (bicyclic) bond motifs is 2. The molecule has 3 aromatic rings. The molecule has 1 aliphatic carbocycles. The number of benzene rings is 2. The third kappa shape index (κ3) is 6.71. The van der Waals surface area contributed by atoms with Crippen molar-refractivity contribution in [3.63, 3.8) is 0 Å². The average molecular weight is 808 g/mol. The van der Waals surface area contributed by atoms with E-state index in [0.717, 1.165) is 16.0 Å². The Hall–Kier alpha value is -5.92. The first kappa shape index (κ1) is 38.9. The van der Waals surface area contributed by atoms with Crippen LogP contribution in [0.2, 0.25) is 5.02 Å². The molecule has 58 heavy (non-hydrogen) atoms. The zero-order chi connectivity index (χ0) is 41.3. The molecule has 6 amide bonds. The predicted molar refractivity (Wildman–Crippen MR) is 207 cm³/mol. The smallest absolute Gasteiger partial charge is 0.262 e. The van der Waals surface area contributed by atoms with Gasteiger partial charge in [0, 0.05) is 81.0 Å². The molecule has 0 spiro atoms. The summed E-state index contributed by atoms with van der Waals surface area (Å²) in [6.07, 6.45) is 2.92. The number of nitrogens with one attached hydrogen (secondary N) is 2. The third-order valence-corrected chi connectivity index (χ3v) is 12.5. The van der Waals surface area contributed by atoms with Crippen molar-refractivity contribution in [3.8, 4) is 11.8 Å². The molecule has 8 rings (SSSR count). The molecular formula is C41H42ClN9O7. The van der Waals surface area contributed by atoms with Gasteiger partial charge in [0.05, 0.1) is 33.8 Å². The Balaban J connectivity index is 0.816. The van der Waals surface area contributed by atoms with Gasteiger partial charge in [0.25, 0.3) is 17.7 Å².